The zero-order valence-electron chi connectivity index (χ0n) is 17.6. The van der Waals surface area contributed by atoms with Crippen LogP contribution < -0.4 is 15.1 Å². The van der Waals surface area contributed by atoms with Gasteiger partial charge in [0.05, 0.1) is 26.2 Å². The molecule has 0 aliphatic carbocycles. The minimum absolute atomic E-state index is 0.136. The molecule has 0 spiro atoms. The number of rotatable bonds is 6. The summed E-state index contributed by atoms with van der Waals surface area (Å²) in [5.74, 6) is 0.309. The van der Waals surface area contributed by atoms with Gasteiger partial charge in [-0.2, -0.15) is 0 Å². The lowest BCUT2D eigenvalue weighted by atomic mass is 10.2. The van der Waals surface area contributed by atoms with Crippen LogP contribution in [0.5, 0.6) is 0 Å². The number of piperazine rings is 1. The van der Waals surface area contributed by atoms with Crippen molar-refractivity contribution >= 4 is 23.2 Å². The van der Waals surface area contributed by atoms with Crippen molar-refractivity contribution in [2.75, 3.05) is 42.9 Å². The van der Waals surface area contributed by atoms with E-state index in [1.807, 2.05) is 47.1 Å². The van der Waals surface area contributed by atoms with Crippen LogP contribution in [0.15, 0.2) is 54.6 Å². The molecule has 2 N–H and O–H groups in total. The Kier molecular flexibility index (Phi) is 6.33. The van der Waals surface area contributed by atoms with Crippen molar-refractivity contribution in [2.24, 2.45) is 0 Å². The molecular weight excluding hydrogens is 376 g/mol. The molecule has 1 atom stereocenters. The van der Waals surface area contributed by atoms with Crippen LogP contribution in [0.2, 0.25) is 0 Å². The molecule has 0 aromatic heterocycles. The lowest BCUT2D eigenvalue weighted by Crippen LogP contribution is -3.13. The summed E-state index contributed by atoms with van der Waals surface area (Å²) in [6.45, 7) is 7.22. The van der Waals surface area contributed by atoms with Crippen molar-refractivity contribution in [1.29, 1.82) is 0 Å². The lowest BCUT2D eigenvalue weighted by molar-refractivity contribution is -0.917. The van der Waals surface area contributed by atoms with Gasteiger partial charge in [-0.05, 0) is 31.5 Å². The summed E-state index contributed by atoms with van der Waals surface area (Å²) in [5.41, 5.74) is 3.13. The first-order chi connectivity index (χ1) is 14.6. The van der Waals surface area contributed by atoms with E-state index in [4.69, 9.17) is 0 Å². The maximum atomic E-state index is 13.0. The topological polar surface area (TPSA) is 57.1 Å². The molecule has 2 heterocycles. The number of carbonyl (C=O) groups excluding carboxylic acids is 2. The number of amides is 2. The van der Waals surface area contributed by atoms with Crippen molar-refractivity contribution in [3.63, 3.8) is 0 Å². The summed E-state index contributed by atoms with van der Waals surface area (Å²) in [5, 5.41) is 3.33. The van der Waals surface area contributed by atoms with Crippen molar-refractivity contribution in [2.45, 2.75) is 32.4 Å². The third kappa shape index (κ3) is 4.82. The van der Waals surface area contributed by atoms with Crippen molar-refractivity contribution in [3.8, 4) is 0 Å². The van der Waals surface area contributed by atoms with Gasteiger partial charge in [0, 0.05) is 29.9 Å². The van der Waals surface area contributed by atoms with Crippen LogP contribution in [0.1, 0.15) is 25.3 Å². The van der Waals surface area contributed by atoms with E-state index >= 15 is 0 Å². The average molecular weight is 408 g/mol. The van der Waals surface area contributed by atoms with Gasteiger partial charge in [-0.25, -0.2) is 0 Å². The van der Waals surface area contributed by atoms with E-state index in [9.17, 15) is 9.59 Å². The summed E-state index contributed by atoms with van der Waals surface area (Å²) in [7, 11) is 0. The molecule has 2 saturated heterocycles. The van der Waals surface area contributed by atoms with Gasteiger partial charge in [0.2, 0.25) is 11.8 Å². The number of quaternary nitrogens is 1. The third-order valence-electron chi connectivity index (χ3n) is 6.06. The summed E-state index contributed by atoms with van der Waals surface area (Å²) in [6.07, 6.45) is 1.52. The van der Waals surface area contributed by atoms with Gasteiger partial charge >= 0.3 is 0 Å². The van der Waals surface area contributed by atoms with E-state index in [-0.39, 0.29) is 17.9 Å². The standard InChI is InChI=1S/C24H30N4O2/c1-19(25-21-9-5-10-22(17-21)28-12-6-11-23(28)29)24(30)27-15-13-26(14-16-27)18-20-7-3-2-4-8-20/h2-5,7-10,17,19,25H,6,11-16,18H2,1H3/p+1/t19-/m0/s1. The van der Waals surface area contributed by atoms with Crippen molar-refractivity contribution in [3.05, 3.63) is 60.2 Å². The second-order valence-corrected chi connectivity index (χ2v) is 8.30. The normalized spacial score (nSPS) is 18.5. The Bertz CT molecular complexity index is 878. The van der Waals surface area contributed by atoms with E-state index in [0.717, 1.165) is 57.1 Å². The maximum Gasteiger partial charge on any atom is 0.245 e. The van der Waals surface area contributed by atoms with Crippen LogP contribution in [0.25, 0.3) is 0 Å². The zero-order valence-corrected chi connectivity index (χ0v) is 17.6. The number of nitrogens with zero attached hydrogens (tertiary/aromatic N) is 2. The highest BCUT2D eigenvalue weighted by molar-refractivity contribution is 5.95. The minimum Gasteiger partial charge on any atom is -0.374 e. The smallest absolute Gasteiger partial charge is 0.245 e. The van der Waals surface area contributed by atoms with Crippen molar-refractivity contribution in [1.82, 2.24) is 4.90 Å². The van der Waals surface area contributed by atoms with E-state index in [1.165, 1.54) is 10.5 Å². The second kappa shape index (κ2) is 9.30. The van der Waals surface area contributed by atoms with Gasteiger partial charge in [0.25, 0.3) is 0 Å². The Labute approximate surface area is 178 Å². The highest BCUT2D eigenvalue weighted by Gasteiger charge is 2.27. The molecule has 2 aromatic carbocycles. The molecule has 2 aliphatic heterocycles. The molecule has 6 nitrogen and oxygen atoms in total. The summed E-state index contributed by atoms with van der Waals surface area (Å²) in [4.78, 5) is 30.3. The number of benzene rings is 2. The van der Waals surface area contributed by atoms with E-state index < -0.39 is 0 Å². The predicted molar refractivity (Wildman–Crippen MR) is 119 cm³/mol. The molecule has 6 heteroatoms. The molecule has 2 amide bonds. The van der Waals surface area contributed by atoms with Gasteiger partial charge < -0.3 is 20.0 Å². The van der Waals surface area contributed by atoms with Crippen LogP contribution in [0.4, 0.5) is 11.4 Å². The first-order valence-electron chi connectivity index (χ1n) is 10.9. The number of hydrogen-bond acceptors (Lipinski definition) is 3. The summed E-state index contributed by atoms with van der Waals surface area (Å²) < 4.78 is 0. The molecule has 2 aromatic rings. The van der Waals surface area contributed by atoms with Gasteiger partial charge in [0.15, 0.2) is 0 Å². The van der Waals surface area contributed by atoms with Crippen LogP contribution >= 0.6 is 0 Å². The quantitative estimate of drug-likeness (QED) is 0.764. The van der Waals surface area contributed by atoms with Gasteiger partial charge in [-0.15, -0.1) is 0 Å². The van der Waals surface area contributed by atoms with E-state index in [1.54, 1.807) is 0 Å². The fourth-order valence-corrected chi connectivity index (χ4v) is 4.37. The lowest BCUT2D eigenvalue weighted by Gasteiger charge is -2.34. The zero-order chi connectivity index (χ0) is 20.9. The van der Waals surface area contributed by atoms with Gasteiger partial charge in [-0.1, -0.05) is 36.4 Å². The predicted octanol–water partition coefficient (Wildman–Crippen LogP) is 1.54. The van der Waals surface area contributed by atoms with Crippen LogP contribution in [0, 0.1) is 0 Å². The van der Waals surface area contributed by atoms with Gasteiger partial charge in [-0.3, -0.25) is 9.59 Å². The largest absolute Gasteiger partial charge is 0.374 e. The second-order valence-electron chi connectivity index (χ2n) is 8.30. The summed E-state index contributed by atoms with van der Waals surface area (Å²) in [6, 6.07) is 18.0. The number of nitrogens with one attached hydrogen (secondary N) is 2. The van der Waals surface area contributed by atoms with E-state index in [2.05, 4.69) is 29.6 Å². The van der Waals surface area contributed by atoms with Crippen LogP contribution in [-0.2, 0) is 16.1 Å². The highest BCUT2D eigenvalue weighted by Crippen LogP contribution is 2.24. The maximum absolute atomic E-state index is 13.0. The highest BCUT2D eigenvalue weighted by atomic mass is 16.2. The molecule has 0 unspecified atom stereocenters. The molecule has 2 aliphatic rings. The molecule has 2 fully saturated rings. The number of hydrogen-bond donors (Lipinski definition) is 2. The first kappa shape index (κ1) is 20.4. The molecular formula is C24H31N4O2+. The minimum atomic E-state index is -0.301. The molecule has 30 heavy (non-hydrogen) atoms. The molecule has 0 radical (unpaired) electrons. The first-order valence-corrected chi connectivity index (χ1v) is 10.9. The Hall–Kier alpha value is -2.86. The fraction of sp³-hybridized carbons (Fsp3) is 0.417. The Morgan fingerprint density at radius 1 is 1.07 bits per heavy atom. The van der Waals surface area contributed by atoms with E-state index in [0.29, 0.717) is 6.42 Å². The average Bonchev–Trinajstić information content (AvgIpc) is 3.20. The van der Waals surface area contributed by atoms with Crippen LogP contribution in [0.3, 0.4) is 0 Å². The molecule has 0 saturated carbocycles. The number of carbonyl (C=O) groups is 2. The Morgan fingerprint density at radius 2 is 1.83 bits per heavy atom. The third-order valence-corrected chi connectivity index (χ3v) is 6.06. The Balaban J connectivity index is 1.30. The monoisotopic (exact) mass is 407 g/mol. The molecule has 4 rings (SSSR count). The van der Waals surface area contributed by atoms with Crippen molar-refractivity contribution < 1.29 is 14.5 Å². The Morgan fingerprint density at radius 3 is 2.53 bits per heavy atom. The fourth-order valence-electron chi connectivity index (χ4n) is 4.37. The molecule has 158 valence electrons. The van der Waals surface area contributed by atoms with Crippen LogP contribution in [-0.4, -0.2) is 55.5 Å². The van der Waals surface area contributed by atoms with Gasteiger partial charge in [0.1, 0.15) is 12.6 Å². The SMILES string of the molecule is C[C@H](Nc1cccc(N2CCCC2=O)c1)C(=O)N1CC[NH+](Cc2ccccc2)CC1. The number of anilines is 2. The summed E-state index contributed by atoms with van der Waals surface area (Å²) >= 11 is 0. The molecule has 0 bridgehead atoms.